The van der Waals surface area contributed by atoms with Gasteiger partial charge in [0.1, 0.15) is 18.9 Å². The number of nitrogens with two attached hydrogens (primary N) is 1. The van der Waals surface area contributed by atoms with Gasteiger partial charge in [-0.25, -0.2) is 4.98 Å². The average molecular weight is 654 g/mol. The molecule has 0 unspecified atom stereocenters. The maximum Gasteiger partial charge on any atom is 0.312 e. The number of imidazole rings is 1. The van der Waals surface area contributed by atoms with Gasteiger partial charge in [-0.2, -0.15) is 14.4 Å². The van der Waals surface area contributed by atoms with E-state index in [0.29, 0.717) is 36.0 Å². The summed E-state index contributed by atoms with van der Waals surface area (Å²) < 4.78 is 26.9. The van der Waals surface area contributed by atoms with E-state index in [4.69, 9.17) is 21.6 Å². The Morgan fingerprint density at radius 3 is 2.68 bits per heavy atom. The molecule has 2 aromatic rings. The van der Waals surface area contributed by atoms with Crippen LogP contribution < -0.4 is 5.73 Å². The minimum Gasteiger partial charge on any atom is -0.461 e. The molecule has 4 aliphatic carbocycles. The van der Waals surface area contributed by atoms with Crippen LogP contribution in [0.15, 0.2) is 6.33 Å². The van der Waals surface area contributed by atoms with Gasteiger partial charge in [-0.3, -0.25) is 9.36 Å². The summed E-state index contributed by atoms with van der Waals surface area (Å²) in [4.78, 5) is 24.3. The highest BCUT2D eigenvalue weighted by Crippen LogP contribution is 2.68. The van der Waals surface area contributed by atoms with Crippen LogP contribution in [0.5, 0.6) is 0 Å². The Bertz CT molecular complexity index is 1560. The van der Waals surface area contributed by atoms with E-state index in [1.165, 1.54) is 10.9 Å². The number of carbonyl (C=O) groups is 1. The third kappa shape index (κ3) is 5.32. The van der Waals surface area contributed by atoms with Gasteiger partial charge in [-0.15, -0.1) is 6.42 Å². The standard InChI is InChI=1S/C35H48FN5O6/c1-4-35(25(44)16-26(47-35)41-18-38-29-30(37)39-32(36)40-31(29)41)17-46-27(45)7-5-6-19-8-9-22-28-23(11-13-33(19,22)2)34(3)12-10-21(42)14-20(34)15-24(28)43/h1,18-26,28,42-44H,5-17H2,2-3H3,(H2,37,39,40)/t19-,20-,21+,22-,23-,24-,25-,26+,28-,33+,34-,35+/m0/s1. The Labute approximate surface area is 274 Å². The molecule has 47 heavy (non-hydrogen) atoms. The van der Waals surface area contributed by atoms with Gasteiger partial charge in [0.05, 0.1) is 18.5 Å². The smallest absolute Gasteiger partial charge is 0.312 e. The number of carbonyl (C=O) groups excluding carboxylic acids is 1. The van der Waals surface area contributed by atoms with Crippen LogP contribution in [-0.2, 0) is 14.3 Å². The summed E-state index contributed by atoms with van der Waals surface area (Å²) in [5.74, 6) is 4.15. The predicted molar refractivity (Wildman–Crippen MR) is 169 cm³/mol. The quantitative estimate of drug-likeness (QED) is 0.196. The molecule has 11 nitrogen and oxygen atoms in total. The number of aliphatic hydroxyl groups excluding tert-OH is 3. The molecule has 0 aromatic carbocycles. The lowest BCUT2D eigenvalue weighted by Gasteiger charge is -2.62. The van der Waals surface area contributed by atoms with E-state index in [1.807, 2.05) is 0 Å². The van der Waals surface area contributed by atoms with Crippen LogP contribution in [0, 0.1) is 58.8 Å². The number of halogens is 1. The highest BCUT2D eigenvalue weighted by Gasteiger charge is 2.62. The van der Waals surface area contributed by atoms with Gasteiger partial charge in [0.2, 0.25) is 0 Å². The van der Waals surface area contributed by atoms with Gasteiger partial charge in [-0.1, -0.05) is 19.8 Å². The van der Waals surface area contributed by atoms with Crippen LogP contribution in [0.4, 0.5) is 10.2 Å². The fourth-order valence-corrected chi connectivity index (χ4v) is 10.9. The van der Waals surface area contributed by atoms with Crippen LogP contribution in [0.2, 0.25) is 0 Å². The molecule has 5 fully saturated rings. The van der Waals surface area contributed by atoms with Crippen molar-refractivity contribution in [3.8, 4) is 12.3 Å². The van der Waals surface area contributed by atoms with Crippen LogP contribution in [0.25, 0.3) is 11.2 Å². The van der Waals surface area contributed by atoms with Crippen molar-refractivity contribution in [3.05, 3.63) is 12.4 Å². The van der Waals surface area contributed by atoms with Crippen molar-refractivity contribution in [2.24, 2.45) is 40.4 Å². The van der Waals surface area contributed by atoms with E-state index < -0.39 is 30.0 Å². The van der Waals surface area contributed by atoms with Crippen molar-refractivity contribution in [1.29, 1.82) is 0 Å². The first-order valence-corrected chi connectivity index (χ1v) is 17.4. The lowest BCUT2D eigenvalue weighted by atomic mass is 9.44. The van der Waals surface area contributed by atoms with Gasteiger partial charge < -0.3 is 30.5 Å². The monoisotopic (exact) mass is 653 g/mol. The number of anilines is 1. The maximum atomic E-state index is 13.9. The van der Waals surface area contributed by atoms with E-state index in [9.17, 15) is 24.5 Å². The van der Waals surface area contributed by atoms with Gasteiger partial charge in [0, 0.05) is 12.8 Å². The molecule has 5 N–H and O–H groups in total. The molecular formula is C35H48FN5O6. The molecule has 4 saturated carbocycles. The molecule has 0 bridgehead atoms. The second-order valence-corrected chi connectivity index (χ2v) is 15.7. The number of fused-ring (bicyclic) bond motifs is 6. The highest BCUT2D eigenvalue weighted by molar-refractivity contribution is 5.81. The summed E-state index contributed by atoms with van der Waals surface area (Å²) in [6.45, 7) is 4.53. The Morgan fingerprint density at radius 1 is 1.13 bits per heavy atom. The number of terminal acetylenes is 1. The lowest BCUT2D eigenvalue weighted by Crippen LogP contribution is -2.58. The fraction of sp³-hybridized carbons (Fsp3) is 0.771. The number of hydrogen-bond acceptors (Lipinski definition) is 10. The van der Waals surface area contributed by atoms with Crippen LogP contribution >= 0.6 is 0 Å². The first kappa shape index (κ1) is 32.7. The molecule has 1 saturated heterocycles. The molecular weight excluding hydrogens is 605 g/mol. The lowest BCUT2D eigenvalue weighted by molar-refractivity contribution is -0.172. The molecule has 2 aromatic heterocycles. The Morgan fingerprint density at radius 2 is 1.89 bits per heavy atom. The van der Waals surface area contributed by atoms with Crippen molar-refractivity contribution >= 4 is 23.0 Å². The van der Waals surface area contributed by atoms with Gasteiger partial charge in [0.15, 0.2) is 22.6 Å². The zero-order chi connectivity index (χ0) is 33.3. The van der Waals surface area contributed by atoms with Crippen LogP contribution in [0.1, 0.15) is 97.1 Å². The number of nitrogen functional groups attached to an aromatic ring is 1. The predicted octanol–water partition coefficient (Wildman–Crippen LogP) is 3.90. The normalized spacial score (nSPS) is 42.8. The number of rotatable bonds is 7. The first-order valence-electron chi connectivity index (χ1n) is 17.4. The summed E-state index contributed by atoms with van der Waals surface area (Å²) in [6, 6.07) is 0. The number of aromatic nitrogens is 4. The summed E-state index contributed by atoms with van der Waals surface area (Å²) in [5, 5.41) is 32.7. The molecule has 256 valence electrons. The molecule has 0 radical (unpaired) electrons. The summed E-state index contributed by atoms with van der Waals surface area (Å²) >= 11 is 0. The average Bonchev–Trinajstić information content (AvgIpc) is 3.70. The van der Waals surface area contributed by atoms with Crippen LogP contribution in [-0.4, -0.2) is 71.3 Å². The maximum absolute atomic E-state index is 13.9. The van der Waals surface area contributed by atoms with Gasteiger partial charge in [-0.05, 0) is 105 Å². The molecule has 1 aliphatic heterocycles. The second kappa shape index (κ2) is 11.9. The van der Waals surface area contributed by atoms with E-state index in [1.54, 1.807) is 0 Å². The molecule has 0 spiro atoms. The Kier molecular flexibility index (Phi) is 8.30. The molecule has 12 atom stereocenters. The van der Waals surface area contributed by atoms with E-state index in [2.05, 4.69) is 34.7 Å². The van der Waals surface area contributed by atoms with E-state index in [-0.39, 0.29) is 59.5 Å². The minimum atomic E-state index is -1.58. The fourth-order valence-electron chi connectivity index (χ4n) is 10.9. The third-order valence-electron chi connectivity index (χ3n) is 13.5. The number of esters is 1. The number of ether oxygens (including phenoxy) is 2. The number of hydrogen-bond donors (Lipinski definition) is 4. The number of aliphatic hydroxyl groups is 3. The Balaban J connectivity index is 0.936. The first-order chi connectivity index (χ1) is 22.4. The highest BCUT2D eigenvalue weighted by atomic mass is 19.1. The van der Waals surface area contributed by atoms with Gasteiger partial charge >= 0.3 is 12.0 Å². The summed E-state index contributed by atoms with van der Waals surface area (Å²) in [6.07, 6.45) is 13.6. The SMILES string of the molecule is C#C[C@]1(COC(=O)CCC[C@H]2CC[C@H]3[C@@H]4[C@@H](O)C[C@@H]5C[C@H](O)CC[C@]5(C)[C@H]4CC[C@]23C)O[C@@H](n2cnc3c(N)nc(F)nc32)C[C@@H]1O. The Hall–Kier alpha value is -2.85. The minimum absolute atomic E-state index is 0.0540. The topological polar surface area (TPSA) is 166 Å². The zero-order valence-corrected chi connectivity index (χ0v) is 27.4. The van der Waals surface area contributed by atoms with E-state index in [0.717, 1.165) is 57.8 Å². The second-order valence-electron chi connectivity index (χ2n) is 15.7. The van der Waals surface area contributed by atoms with E-state index >= 15 is 0 Å². The summed E-state index contributed by atoms with van der Waals surface area (Å²) in [7, 11) is 0. The van der Waals surface area contributed by atoms with Crippen molar-refractivity contribution in [2.45, 2.75) is 121 Å². The molecule has 0 amide bonds. The molecule has 5 aliphatic rings. The zero-order valence-electron chi connectivity index (χ0n) is 27.4. The van der Waals surface area contributed by atoms with Crippen molar-refractivity contribution < 1.29 is 34.0 Å². The summed E-state index contributed by atoms with van der Waals surface area (Å²) in [5.41, 5.74) is 4.85. The van der Waals surface area contributed by atoms with Crippen molar-refractivity contribution in [1.82, 2.24) is 19.5 Å². The molecule has 12 heteroatoms. The molecule has 3 heterocycles. The van der Waals surface area contributed by atoms with Crippen LogP contribution in [0.3, 0.4) is 0 Å². The largest absolute Gasteiger partial charge is 0.461 e. The van der Waals surface area contributed by atoms with Crippen molar-refractivity contribution in [2.75, 3.05) is 12.3 Å². The number of nitrogens with zero attached hydrogens (tertiary/aromatic N) is 4. The molecule has 7 rings (SSSR count). The van der Waals surface area contributed by atoms with Crippen molar-refractivity contribution in [3.63, 3.8) is 0 Å². The third-order valence-corrected chi connectivity index (χ3v) is 13.5. The van der Waals surface area contributed by atoms with Gasteiger partial charge in [0.25, 0.3) is 0 Å².